The van der Waals surface area contributed by atoms with Crippen molar-refractivity contribution in [2.24, 2.45) is 0 Å². The van der Waals surface area contributed by atoms with Crippen LogP contribution in [0.2, 0.25) is 0 Å². The van der Waals surface area contributed by atoms with Crippen LogP contribution in [0.25, 0.3) is 0 Å². The van der Waals surface area contributed by atoms with Crippen molar-refractivity contribution in [3.63, 3.8) is 0 Å². The standard InChI is InChI=1S/C13H14FNO/c1-15(13-7-3-2-4-8-13)11-12(10-14)6-5-9-16/h2-9,11H,10H2,1H3/b6-5-,12-11+. The Bertz CT molecular complexity index is 384. The van der Waals surface area contributed by atoms with E-state index >= 15 is 0 Å². The SMILES string of the molecule is CN(/C=C(\C=C/C=O)CF)c1ccccc1. The predicted molar refractivity (Wildman–Crippen MR) is 64.1 cm³/mol. The molecular weight excluding hydrogens is 205 g/mol. The quantitative estimate of drug-likeness (QED) is 0.431. The Morgan fingerprint density at radius 2 is 2.06 bits per heavy atom. The van der Waals surface area contributed by atoms with Crippen LogP contribution in [0.1, 0.15) is 0 Å². The van der Waals surface area contributed by atoms with E-state index in [2.05, 4.69) is 0 Å². The summed E-state index contributed by atoms with van der Waals surface area (Å²) in [7, 11) is 1.83. The fourth-order valence-corrected chi connectivity index (χ4v) is 1.27. The van der Waals surface area contributed by atoms with Gasteiger partial charge in [-0.3, -0.25) is 4.79 Å². The van der Waals surface area contributed by atoms with Gasteiger partial charge in [-0.2, -0.15) is 0 Å². The molecule has 0 aromatic heterocycles. The van der Waals surface area contributed by atoms with Crippen LogP contribution in [0.5, 0.6) is 0 Å². The number of carbonyl (C=O) groups excluding carboxylic acids is 1. The zero-order valence-electron chi connectivity index (χ0n) is 9.14. The van der Waals surface area contributed by atoms with Gasteiger partial charge in [0.25, 0.3) is 0 Å². The third-order valence-corrected chi connectivity index (χ3v) is 2.07. The summed E-state index contributed by atoms with van der Waals surface area (Å²) in [6.07, 6.45) is 5.04. The van der Waals surface area contributed by atoms with Crippen LogP contribution in [0, 0.1) is 0 Å². The molecule has 0 aliphatic rings. The van der Waals surface area contributed by atoms with Gasteiger partial charge in [-0.25, -0.2) is 4.39 Å². The third kappa shape index (κ3) is 3.69. The highest BCUT2D eigenvalue weighted by Gasteiger charge is 1.97. The smallest absolute Gasteiger partial charge is 0.142 e. The summed E-state index contributed by atoms with van der Waals surface area (Å²) < 4.78 is 12.6. The molecule has 0 saturated carbocycles. The van der Waals surface area contributed by atoms with Crippen molar-refractivity contribution in [2.45, 2.75) is 0 Å². The largest absolute Gasteiger partial charge is 0.351 e. The molecule has 84 valence electrons. The van der Waals surface area contributed by atoms with Crippen molar-refractivity contribution < 1.29 is 9.18 Å². The zero-order chi connectivity index (χ0) is 11.8. The summed E-state index contributed by atoms with van der Waals surface area (Å²) in [6.45, 7) is -0.596. The minimum Gasteiger partial charge on any atom is -0.351 e. The van der Waals surface area contributed by atoms with E-state index in [0.29, 0.717) is 11.9 Å². The zero-order valence-corrected chi connectivity index (χ0v) is 9.14. The van der Waals surface area contributed by atoms with Gasteiger partial charge in [0.2, 0.25) is 0 Å². The summed E-state index contributed by atoms with van der Waals surface area (Å²) in [4.78, 5) is 11.9. The molecule has 0 N–H and O–H groups in total. The van der Waals surface area contributed by atoms with E-state index in [1.165, 1.54) is 12.2 Å². The molecular formula is C13H14FNO. The number of hydrogen-bond donors (Lipinski definition) is 0. The van der Waals surface area contributed by atoms with Gasteiger partial charge in [0, 0.05) is 18.9 Å². The molecule has 0 bridgehead atoms. The van der Waals surface area contributed by atoms with Crippen molar-refractivity contribution in [1.82, 2.24) is 0 Å². The van der Waals surface area contributed by atoms with Crippen LogP contribution < -0.4 is 4.90 Å². The minimum absolute atomic E-state index is 0.457. The van der Waals surface area contributed by atoms with E-state index in [1.807, 2.05) is 42.3 Å². The third-order valence-electron chi connectivity index (χ3n) is 2.07. The molecule has 0 radical (unpaired) electrons. The summed E-state index contributed by atoms with van der Waals surface area (Å²) in [5.74, 6) is 0. The first-order chi connectivity index (χ1) is 7.77. The summed E-state index contributed by atoms with van der Waals surface area (Å²) in [5, 5.41) is 0. The van der Waals surface area contributed by atoms with Gasteiger partial charge >= 0.3 is 0 Å². The second-order valence-corrected chi connectivity index (χ2v) is 3.28. The van der Waals surface area contributed by atoms with Crippen molar-refractivity contribution in [1.29, 1.82) is 0 Å². The molecule has 0 fully saturated rings. The molecule has 1 aromatic rings. The van der Waals surface area contributed by atoms with Crippen LogP contribution >= 0.6 is 0 Å². The van der Waals surface area contributed by atoms with E-state index in [0.717, 1.165) is 5.69 Å². The second kappa shape index (κ2) is 6.56. The van der Waals surface area contributed by atoms with E-state index in [4.69, 9.17) is 0 Å². The Kier molecular flexibility index (Phi) is 4.99. The summed E-state index contributed by atoms with van der Waals surface area (Å²) in [6, 6.07) is 9.60. The first kappa shape index (κ1) is 12.2. The van der Waals surface area contributed by atoms with Gasteiger partial charge in [0.15, 0.2) is 0 Å². The van der Waals surface area contributed by atoms with Gasteiger partial charge in [0.1, 0.15) is 13.0 Å². The summed E-state index contributed by atoms with van der Waals surface area (Å²) in [5.41, 5.74) is 1.42. The number of rotatable bonds is 5. The van der Waals surface area contributed by atoms with Gasteiger partial charge in [-0.05, 0) is 23.8 Å². The maximum Gasteiger partial charge on any atom is 0.142 e. The summed E-state index contributed by atoms with van der Waals surface area (Å²) >= 11 is 0. The Morgan fingerprint density at radius 3 is 2.62 bits per heavy atom. The number of halogens is 1. The Hall–Kier alpha value is -1.90. The molecule has 3 heteroatoms. The van der Waals surface area contributed by atoms with Gasteiger partial charge < -0.3 is 4.90 Å². The fourth-order valence-electron chi connectivity index (χ4n) is 1.27. The Morgan fingerprint density at radius 1 is 1.38 bits per heavy atom. The molecule has 1 aromatic carbocycles. The van der Waals surface area contributed by atoms with E-state index < -0.39 is 6.67 Å². The van der Waals surface area contributed by atoms with Crippen molar-refractivity contribution >= 4 is 12.0 Å². The lowest BCUT2D eigenvalue weighted by Gasteiger charge is -2.14. The monoisotopic (exact) mass is 219 g/mol. The molecule has 0 unspecified atom stereocenters. The molecule has 0 aliphatic carbocycles. The lowest BCUT2D eigenvalue weighted by Crippen LogP contribution is -2.09. The van der Waals surface area contributed by atoms with Crippen LogP contribution in [0.4, 0.5) is 10.1 Å². The average molecular weight is 219 g/mol. The van der Waals surface area contributed by atoms with Crippen molar-refractivity contribution in [2.75, 3.05) is 18.6 Å². The molecule has 0 amide bonds. The number of carbonyl (C=O) groups is 1. The van der Waals surface area contributed by atoms with E-state index in [-0.39, 0.29) is 0 Å². The highest BCUT2D eigenvalue weighted by atomic mass is 19.1. The maximum atomic E-state index is 12.6. The minimum atomic E-state index is -0.596. The van der Waals surface area contributed by atoms with E-state index in [1.54, 1.807) is 6.20 Å². The molecule has 0 heterocycles. The molecule has 1 rings (SSSR count). The number of aldehydes is 1. The van der Waals surface area contributed by atoms with Crippen LogP contribution in [0.3, 0.4) is 0 Å². The lowest BCUT2D eigenvalue weighted by atomic mass is 10.2. The average Bonchev–Trinajstić information content (AvgIpc) is 2.35. The second-order valence-electron chi connectivity index (χ2n) is 3.28. The van der Waals surface area contributed by atoms with Gasteiger partial charge in [0.05, 0.1) is 0 Å². The van der Waals surface area contributed by atoms with Crippen LogP contribution in [0.15, 0.2) is 54.3 Å². The molecule has 2 nitrogen and oxygen atoms in total. The Balaban J connectivity index is 2.81. The lowest BCUT2D eigenvalue weighted by molar-refractivity contribution is -0.104. The molecule has 0 spiro atoms. The maximum absolute atomic E-state index is 12.6. The first-order valence-electron chi connectivity index (χ1n) is 4.94. The highest BCUT2D eigenvalue weighted by Crippen LogP contribution is 2.13. The van der Waals surface area contributed by atoms with E-state index in [9.17, 15) is 9.18 Å². The van der Waals surface area contributed by atoms with Crippen LogP contribution in [-0.4, -0.2) is 20.0 Å². The fraction of sp³-hybridized carbons (Fsp3) is 0.154. The number of alkyl halides is 1. The highest BCUT2D eigenvalue weighted by molar-refractivity contribution is 5.66. The molecule has 0 aliphatic heterocycles. The van der Waals surface area contributed by atoms with Gasteiger partial charge in [-0.15, -0.1) is 0 Å². The Labute approximate surface area is 94.7 Å². The molecule has 16 heavy (non-hydrogen) atoms. The number of benzene rings is 1. The number of hydrogen-bond acceptors (Lipinski definition) is 2. The predicted octanol–water partition coefficient (Wildman–Crippen LogP) is 2.73. The van der Waals surface area contributed by atoms with Crippen LogP contribution in [-0.2, 0) is 4.79 Å². The number of para-hydroxylation sites is 1. The topological polar surface area (TPSA) is 20.3 Å². The normalized spacial score (nSPS) is 11.8. The van der Waals surface area contributed by atoms with Crippen molar-refractivity contribution in [3.8, 4) is 0 Å². The molecule has 0 saturated heterocycles. The van der Waals surface area contributed by atoms with Gasteiger partial charge in [-0.1, -0.05) is 24.3 Å². The first-order valence-corrected chi connectivity index (χ1v) is 4.94. The molecule has 0 atom stereocenters. The van der Waals surface area contributed by atoms with Crippen molar-refractivity contribution in [3.05, 3.63) is 54.3 Å². The number of allylic oxidation sites excluding steroid dienone is 3. The number of nitrogens with zero attached hydrogens (tertiary/aromatic N) is 1. The number of anilines is 1.